The molecule has 0 aliphatic heterocycles. The van der Waals surface area contributed by atoms with E-state index in [9.17, 15) is 13.2 Å². The van der Waals surface area contributed by atoms with E-state index in [-0.39, 0.29) is 0 Å². The monoisotopic (exact) mass is 300 g/mol. The molecule has 0 aliphatic rings. The fourth-order valence-electron chi connectivity index (χ4n) is 1.62. The van der Waals surface area contributed by atoms with Crippen LogP contribution in [0.15, 0.2) is 24.3 Å². The lowest BCUT2D eigenvalue weighted by Gasteiger charge is -2.15. The van der Waals surface area contributed by atoms with E-state index in [0.29, 0.717) is 11.3 Å². The Morgan fingerprint density at radius 2 is 1.70 bits per heavy atom. The van der Waals surface area contributed by atoms with Crippen molar-refractivity contribution in [3.05, 3.63) is 29.8 Å². The van der Waals surface area contributed by atoms with Crippen LogP contribution in [0.25, 0.3) is 0 Å². The van der Waals surface area contributed by atoms with E-state index in [0.717, 1.165) is 0 Å². The summed E-state index contributed by atoms with van der Waals surface area (Å²) in [6.07, 6.45) is -5.14. The van der Waals surface area contributed by atoms with E-state index in [2.05, 4.69) is 11.5 Å². The molecule has 1 aromatic rings. The third kappa shape index (κ3) is 6.16. The predicted octanol–water partition coefficient (Wildman–Crippen LogP) is 4.61. The quantitative estimate of drug-likeness (QED) is 0.585. The number of hydrogen-bond acceptors (Lipinski definition) is 1. The topological polar surface area (TPSA) is 9.23 Å². The van der Waals surface area contributed by atoms with Gasteiger partial charge in [-0.2, -0.15) is 13.2 Å². The van der Waals surface area contributed by atoms with Crippen LogP contribution in [0.1, 0.15) is 17.9 Å². The van der Waals surface area contributed by atoms with Crippen molar-refractivity contribution in [3.8, 4) is 17.2 Å². The first-order chi connectivity index (χ1) is 9.11. The van der Waals surface area contributed by atoms with Crippen molar-refractivity contribution in [2.24, 2.45) is 0 Å². The Balaban J connectivity index is 3.05. The van der Waals surface area contributed by atoms with E-state index >= 15 is 0 Å². The number of alkyl halides is 3. The van der Waals surface area contributed by atoms with Crippen molar-refractivity contribution in [1.29, 1.82) is 0 Å². The molecule has 5 heteroatoms. The van der Waals surface area contributed by atoms with Crippen molar-refractivity contribution >= 4 is 8.07 Å². The third-order valence-electron chi connectivity index (χ3n) is 2.58. The zero-order valence-corrected chi connectivity index (χ0v) is 13.1. The zero-order valence-electron chi connectivity index (χ0n) is 12.1. The summed E-state index contributed by atoms with van der Waals surface area (Å²) in [6.45, 7) is 6.04. The van der Waals surface area contributed by atoms with E-state index in [1.54, 1.807) is 24.3 Å². The lowest BCUT2D eigenvalue weighted by molar-refractivity contribution is -0.136. The maximum atomic E-state index is 12.7. The van der Waals surface area contributed by atoms with Gasteiger partial charge in [0.15, 0.2) is 0 Å². The van der Waals surface area contributed by atoms with E-state index in [1.807, 2.05) is 19.6 Å². The molecule has 1 aromatic carbocycles. The standard InChI is InChI=1S/C15H19F3OSi/c1-19-14-7-5-12(6-8-14)13(11-15(16,17)18)9-10-20(2,3)4/h5-8,13H,11H2,1-4H3/t13-/m0/s1. The molecule has 20 heavy (non-hydrogen) atoms. The molecule has 0 bridgehead atoms. The van der Waals surface area contributed by atoms with Gasteiger partial charge < -0.3 is 4.74 Å². The smallest absolute Gasteiger partial charge is 0.390 e. The van der Waals surface area contributed by atoms with Gasteiger partial charge in [-0.25, -0.2) is 0 Å². The Hall–Kier alpha value is -1.41. The van der Waals surface area contributed by atoms with Gasteiger partial charge in [0.05, 0.1) is 19.4 Å². The minimum atomic E-state index is -4.22. The summed E-state index contributed by atoms with van der Waals surface area (Å²) < 4.78 is 43.0. The van der Waals surface area contributed by atoms with Gasteiger partial charge >= 0.3 is 6.18 Å². The number of rotatable bonds is 3. The number of benzene rings is 1. The zero-order chi connectivity index (χ0) is 15.4. The molecular weight excluding hydrogens is 281 g/mol. The van der Waals surface area contributed by atoms with Crippen LogP contribution in [0.3, 0.4) is 0 Å². The number of hydrogen-bond donors (Lipinski definition) is 0. The first-order valence-electron chi connectivity index (χ1n) is 6.34. The molecule has 110 valence electrons. The SMILES string of the molecule is COc1ccc([C@@H](C#C[Si](C)(C)C)CC(F)(F)F)cc1. The second-order valence-corrected chi connectivity index (χ2v) is 10.4. The summed E-state index contributed by atoms with van der Waals surface area (Å²) >= 11 is 0. The molecule has 0 aliphatic carbocycles. The molecular formula is C15H19F3OSi. The highest BCUT2D eigenvalue weighted by atomic mass is 28.3. The number of methoxy groups -OCH3 is 1. The molecule has 1 rings (SSSR count). The van der Waals surface area contributed by atoms with Crippen LogP contribution in [-0.4, -0.2) is 21.4 Å². The van der Waals surface area contributed by atoms with E-state index < -0.39 is 26.6 Å². The van der Waals surface area contributed by atoms with Crippen LogP contribution in [0.2, 0.25) is 19.6 Å². The molecule has 0 unspecified atom stereocenters. The Bertz CT molecular complexity index is 489. The highest BCUT2D eigenvalue weighted by molar-refractivity contribution is 6.83. The fraction of sp³-hybridized carbons (Fsp3) is 0.467. The molecule has 0 fully saturated rings. The highest BCUT2D eigenvalue weighted by Crippen LogP contribution is 2.31. The second kappa shape index (κ2) is 6.36. The summed E-state index contributed by atoms with van der Waals surface area (Å²) in [7, 11) is -0.178. The van der Waals surface area contributed by atoms with Crippen molar-refractivity contribution in [1.82, 2.24) is 0 Å². The van der Waals surface area contributed by atoms with Crippen molar-refractivity contribution in [2.45, 2.75) is 38.2 Å². The first kappa shape index (κ1) is 16.6. The van der Waals surface area contributed by atoms with Gasteiger partial charge in [-0.15, -0.1) is 11.5 Å². The van der Waals surface area contributed by atoms with Crippen LogP contribution >= 0.6 is 0 Å². The van der Waals surface area contributed by atoms with Crippen LogP contribution in [0.4, 0.5) is 13.2 Å². The lowest BCUT2D eigenvalue weighted by Crippen LogP contribution is -2.18. The normalized spacial score (nSPS) is 13.3. The number of halogens is 3. The Morgan fingerprint density at radius 1 is 1.15 bits per heavy atom. The van der Waals surface area contributed by atoms with Crippen LogP contribution < -0.4 is 4.74 Å². The molecule has 0 heterocycles. The van der Waals surface area contributed by atoms with Gasteiger partial charge in [0.1, 0.15) is 13.8 Å². The molecule has 0 aromatic heterocycles. The van der Waals surface area contributed by atoms with Gasteiger partial charge in [0.25, 0.3) is 0 Å². The number of ether oxygens (including phenoxy) is 1. The van der Waals surface area contributed by atoms with Gasteiger partial charge in [0, 0.05) is 0 Å². The van der Waals surface area contributed by atoms with Gasteiger partial charge in [-0.1, -0.05) is 31.8 Å². The molecule has 0 spiro atoms. The Labute approximate surface area is 119 Å². The summed E-state index contributed by atoms with van der Waals surface area (Å²) in [5, 5.41) is 0. The van der Waals surface area contributed by atoms with Crippen LogP contribution in [0.5, 0.6) is 5.75 Å². The minimum Gasteiger partial charge on any atom is -0.497 e. The first-order valence-corrected chi connectivity index (χ1v) is 9.84. The van der Waals surface area contributed by atoms with Gasteiger partial charge in [-0.3, -0.25) is 0 Å². The third-order valence-corrected chi connectivity index (χ3v) is 3.47. The van der Waals surface area contributed by atoms with Crippen molar-refractivity contribution in [3.63, 3.8) is 0 Å². The summed E-state index contributed by atoms with van der Waals surface area (Å²) in [5.74, 6) is 2.63. The average Bonchev–Trinajstić information content (AvgIpc) is 2.32. The molecule has 0 radical (unpaired) electrons. The van der Waals surface area contributed by atoms with Gasteiger partial charge in [-0.05, 0) is 17.7 Å². The second-order valence-electron chi connectivity index (χ2n) is 5.66. The van der Waals surface area contributed by atoms with Crippen LogP contribution in [-0.2, 0) is 0 Å². The van der Waals surface area contributed by atoms with E-state index in [4.69, 9.17) is 4.74 Å². The van der Waals surface area contributed by atoms with Crippen molar-refractivity contribution < 1.29 is 17.9 Å². The minimum absolute atomic E-state index is 0.578. The maximum Gasteiger partial charge on any atom is 0.390 e. The highest BCUT2D eigenvalue weighted by Gasteiger charge is 2.32. The fourth-order valence-corrected chi connectivity index (χ4v) is 2.23. The molecule has 0 amide bonds. The summed E-state index contributed by atoms with van der Waals surface area (Å²) in [6, 6.07) is 6.62. The molecule has 0 saturated heterocycles. The van der Waals surface area contributed by atoms with E-state index in [1.165, 1.54) is 7.11 Å². The lowest BCUT2D eigenvalue weighted by atomic mass is 9.96. The Kier molecular flexibility index (Phi) is 5.29. The van der Waals surface area contributed by atoms with Gasteiger partial charge in [0.2, 0.25) is 0 Å². The average molecular weight is 300 g/mol. The summed E-state index contributed by atoms with van der Waals surface area (Å²) in [5.41, 5.74) is 3.61. The van der Waals surface area contributed by atoms with Crippen LogP contribution in [0, 0.1) is 11.5 Å². The predicted molar refractivity (Wildman–Crippen MR) is 77.5 cm³/mol. The molecule has 1 nitrogen and oxygen atoms in total. The Morgan fingerprint density at radius 3 is 2.10 bits per heavy atom. The summed E-state index contributed by atoms with van der Waals surface area (Å²) in [4.78, 5) is 0. The maximum absolute atomic E-state index is 12.7. The largest absolute Gasteiger partial charge is 0.497 e. The van der Waals surface area contributed by atoms with Crippen molar-refractivity contribution in [2.75, 3.05) is 7.11 Å². The molecule has 0 saturated carbocycles. The molecule has 1 atom stereocenters. The molecule has 0 N–H and O–H groups in total.